The van der Waals surface area contributed by atoms with Gasteiger partial charge < -0.3 is 20.1 Å². The second-order valence-electron chi connectivity index (χ2n) is 5.39. The van der Waals surface area contributed by atoms with Crippen molar-refractivity contribution in [2.45, 2.75) is 18.9 Å². The first-order valence-corrected chi connectivity index (χ1v) is 9.45. The van der Waals surface area contributed by atoms with Crippen molar-refractivity contribution in [1.82, 2.24) is 4.90 Å². The maximum atomic E-state index is 12.7. The predicted molar refractivity (Wildman–Crippen MR) is 106 cm³/mol. The fraction of sp³-hybridized carbons (Fsp3) is 0.250. The molecular weight excluding hydrogens is 462 g/mol. The summed E-state index contributed by atoms with van der Waals surface area (Å²) >= 11 is 9.23. The minimum atomic E-state index is -1.36. The Morgan fingerprint density at radius 3 is 2.63 bits per heavy atom. The summed E-state index contributed by atoms with van der Waals surface area (Å²) in [5, 5.41) is 28.0. The Morgan fingerprint density at radius 1 is 1.41 bits per heavy atom. The number of methoxy groups -OCH3 is 1. The van der Waals surface area contributed by atoms with Crippen LogP contribution in [0.25, 0.3) is 6.08 Å². The normalized spacial score (nSPS) is 16.7. The average molecular weight is 476 g/mol. The van der Waals surface area contributed by atoms with E-state index in [1.54, 1.807) is 6.07 Å². The minimum absolute atomic E-state index is 0.0360. The number of thioether (sulfide) groups is 1. The lowest BCUT2D eigenvalue weighted by Crippen LogP contribution is -2.44. The zero-order valence-electron chi connectivity index (χ0n) is 13.8. The third-order valence-electron chi connectivity index (χ3n) is 3.62. The summed E-state index contributed by atoms with van der Waals surface area (Å²) in [4.78, 5) is 36.0. The monoisotopic (exact) mass is 475 g/mol. The highest BCUT2D eigenvalue weighted by molar-refractivity contribution is 9.10. The minimum Gasteiger partial charge on any atom is -0.503 e. The Kier molecular flexibility index (Phi) is 6.84. The molecule has 27 heavy (non-hydrogen) atoms. The molecule has 1 aromatic rings. The Balaban J connectivity index is 2.34. The summed E-state index contributed by atoms with van der Waals surface area (Å²) < 4.78 is 5.44. The van der Waals surface area contributed by atoms with Gasteiger partial charge in [-0.25, -0.2) is 4.79 Å². The van der Waals surface area contributed by atoms with E-state index in [4.69, 9.17) is 22.1 Å². The fourth-order valence-electron chi connectivity index (χ4n) is 2.36. The molecule has 1 unspecified atom stereocenters. The summed E-state index contributed by atoms with van der Waals surface area (Å²) in [5.74, 6) is -3.02. The van der Waals surface area contributed by atoms with Crippen LogP contribution in [0, 0.1) is 0 Å². The van der Waals surface area contributed by atoms with Crippen LogP contribution < -0.4 is 4.74 Å². The number of halogens is 1. The molecule has 1 amide bonds. The first-order chi connectivity index (χ1) is 12.6. The highest BCUT2D eigenvalue weighted by atomic mass is 79.9. The number of phenols is 1. The van der Waals surface area contributed by atoms with Crippen LogP contribution in [-0.4, -0.2) is 55.5 Å². The van der Waals surface area contributed by atoms with Crippen LogP contribution in [0.3, 0.4) is 0 Å². The van der Waals surface area contributed by atoms with Gasteiger partial charge in [-0.1, -0.05) is 24.0 Å². The summed E-state index contributed by atoms with van der Waals surface area (Å²) in [7, 11) is 1.38. The summed E-state index contributed by atoms with van der Waals surface area (Å²) in [6.45, 7) is 0. The van der Waals surface area contributed by atoms with Gasteiger partial charge in [0.2, 0.25) is 0 Å². The number of hydrogen-bond acceptors (Lipinski definition) is 7. The van der Waals surface area contributed by atoms with Gasteiger partial charge in [-0.15, -0.1) is 0 Å². The summed E-state index contributed by atoms with van der Waals surface area (Å²) in [6.07, 6.45) is 0.820. The number of ether oxygens (including phenoxy) is 1. The van der Waals surface area contributed by atoms with Crippen LogP contribution >= 0.6 is 39.9 Å². The zero-order valence-corrected chi connectivity index (χ0v) is 17.1. The van der Waals surface area contributed by atoms with Crippen LogP contribution in [0.15, 0.2) is 21.5 Å². The van der Waals surface area contributed by atoms with E-state index in [0.29, 0.717) is 10.0 Å². The Bertz CT molecular complexity index is 855. The molecule has 1 heterocycles. The summed E-state index contributed by atoms with van der Waals surface area (Å²) in [5.41, 5.74) is 0.523. The molecule has 1 aliphatic heterocycles. The molecule has 11 heteroatoms. The number of aromatic hydroxyl groups is 1. The topological polar surface area (TPSA) is 124 Å². The van der Waals surface area contributed by atoms with Gasteiger partial charge in [0.05, 0.1) is 16.5 Å². The number of phenolic OH excluding ortho intramolecular Hbond substituents is 1. The number of thiocarbonyl (C=S) groups is 1. The van der Waals surface area contributed by atoms with Crippen molar-refractivity contribution in [3.63, 3.8) is 0 Å². The molecule has 3 N–H and O–H groups in total. The largest absolute Gasteiger partial charge is 0.503 e. The second-order valence-corrected chi connectivity index (χ2v) is 7.92. The molecule has 0 saturated carbocycles. The van der Waals surface area contributed by atoms with Crippen molar-refractivity contribution < 1.29 is 34.4 Å². The molecule has 2 rings (SSSR count). The number of carbonyl (C=O) groups is 3. The molecule has 1 atom stereocenters. The van der Waals surface area contributed by atoms with Crippen molar-refractivity contribution in [2.75, 3.05) is 7.11 Å². The Hall–Kier alpha value is -2.11. The number of carbonyl (C=O) groups excluding carboxylic acids is 1. The van der Waals surface area contributed by atoms with Gasteiger partial charge in [-0.2, -0.15) is 0 Å². The second kappa shape index (κ2) is 8.72. The van der Waals surface area contributed by atoms with Crippen LogP contribution in [0.4, 0.5) is 0 Å². The van der Waals surface area contributed by atoms with Gasteiger partial charge >= 0.3 is 11.9 Å². The van der Waals surface area contributed by atoms with Gasteiger partial charge in [-0.05, 0) is 46.1 Å². The molecule has 0 aliphatic carbocycles. The molecule has 0 radical (unpaired) electrons. The lowest BCUT2D eigenvalue weighted by Gasteiger charge is -2.22. The van der Waals surface area contributed by atoms with E-state index in [0.717, 1.165) is 16.7 Å². The smallest absolute Gasteiger partial charge is 0.326 e. The van der Waals surface area contributed by atoms with E-state index in [1.165, 1.54) is 19.3 Å². The Morgan fingerprint density at radius 2 is 2.07 bits per heavy atom. The lowest BCUT2D eigenvalue weighted by atomic mass is 10.1. The first kappa shape index (κ1) is 21.2. The van der Waals surface area contributed by atoms with Gasteiger partial charge in [0.25, 0.3) is 5.91 Å². The van der Waals surface area contributed by atoms with Crippen molar-refractivity contribution in [3.8, 4) is 11.5 Å². The van der Waals surface area contributed by atoms with Gasteiger partial charge in [-0.3, -0.25) is 14.5 Å². The van der Waals surface area contributed by atoms with E-state index >= 15 is 0 Å². The van der Waals surface area contributed by atoms with Crippen molar-refractivity contribution in [1.29, 1.82) is 0 Å². The number of rotatable bonds is 7. The molecule has 144 valence electrons. The van der Waals surface area contributed by atoms with Gasteiger partial charge in [0.15, 0.2) is 11.5 Å². The number of hydrogen-bond donors (Lipinski definition) is 3. The average Bonchev–Trinajstić information content (AvgIpc) is 2.85. The van der Waals surface area contributed by atoms with Crippen LogP contribution in [0.2, 0.25) is 0 Å². The van der Waals surface area contributed by atoms with Crippen molar-refractivity contribution in [2.24, 2.45) is 0 Å². The molecule has 8 nitrogen and oxygen atoms in total. The third-order valence-corrected chi connectivity index (χ3v) is 5.56. The molecular formula is C16H14BrNO7S2. The first-order valence-electron chi connectivity index (χ1n) is 7.43. The maximum absolute atomic E-state index is 12.7. The molecule has 1 aromatic carbocycles. The number of carboxylic acids is 2. The Labute approximate surface area is 171 Å². The number of benzene rings is 1. The molecule has 0 aromatic heterocycles. The van der Waals surface area contributed by atoms with Gasteiger partial charge in [0, 0.05) is 6.42 Å². The molecule has 1 saturated heterocycles. The molecule has 0 spiro atoms. The zero-order chi connectivity index (χ0) is 20.3. The maximum Gasteiger partial charge on any atom is 0.326 e. The number of aliphatic carboxylic acids is 2. The number of nitrogens with zero attached hydrogens (tertiary/aromatic N) is 1. The highest BCUT2D eigenvalue weighted by Gasteiger charge is 2.40. The highest BCUT2D eigenvalue weighted by Crippen LogP contribution is 2.39. The third kappa shape index (κ3) is 4.79. The lowest BCUT2D eigenvalue weighted by molar-refractivity contribution is -0.146. The van der Waals surface area contributed by atoms with Gasteiger partial charge in [0.1, 0.15) is 10.4 Å². The van der Waals surface area contributed by atoms with Crippen molar-refractivity contribution >= 4 is 68.2 Å². The predicted octanol–water partition coefficient (Wildman–Crippen LogP) is 2.68. The van der Waals surface area contributed by atoms with Crippen LogP contribution in [0.1, 0.15) is 18.4 Å². The number of amides is 1. The van der Waals surface area contributed by atoms with Crippen LogP contribution in [0.5, 0.6) is 11.5 Å². The molecule has 0 bridgehead atoms. The van der Waals surface area contributed by atoms with E-state index < -0.39 is 30.3 Å². The van der Waals surface area contributed by atoms with E-state index in [1.807, 2.05) is 0 Å². The fourth-order valence-corrected chi connectivity index (χ4v) is 4.17. The van der Waals surface area contributed by atoms with Crippen LogP contribution in [-0.2, 0) is 14.4 Å². The standard InChI is InChI=1S/C16H14BrNO7S2/c1-25-10-5-7(4-8(17)13(10)21)6-11-14(22)18(16(26)27-11)9(15(23)24)2-3-12(19)20/h4-6,9,21H,2-3H2,1H3,(H,19,20)(H,23,24). The SMILES string of the molecule is COc1cc(C=C2SC(=S)N(C(CCC(=O)O)C(=O)O)C2=O)cc(Br)c1O. The van der Waals surface area contributed by atoms with Crippen molar-refractivity contribution in [3.05, 3.63) is 27.1 Å². The number of carboxylic acid groups (broad SMARTS) is 2. The molecule has 1 aliphatic rings. The van der Waals surface area contributed by atoms with E-state index in [9.17, 15) is 24.6 Å². The quantitative estimate of drug-likeness (QED) is 0.403. The summed E-state index contributed by atoms with van der Waals surface area (Å²) in [6, 6.07) is 1.70. The van der Waals surface area contributed by atoms with E-state index in [2.05, 4.69) is 15.9 Å². The van der Waals surface area contributed by atoms with E-state index in [-0.39, 0.29) is 27.1 Å². The molecule has 1 fully saturated rings.